The van der Waals surface area contributed by atoms with Crippen LogP contribution in [0.5, 0.6) is 5.75 Å². The zero-order valence-electron chi connectivity index (χ0n) is 26.0. The summed E-state index contributed by atoms with van der Waals surface area (Å²) in [6.45, 7) is 17.0. The van der Waals surface area contributed by atoms with E-state index in [1.54, 1.807) is 6.92 Å². The summed E-state index contributed by atoms with van der Waals surface area (Å²) in [6.07, 6.45) is -1.28. The van der Waals surface area contributed by atoms with Crippen LogP contribution in [0.15, 0.2) is 12.1 Å². The van der Waals surface area contributed by atoms with Crippen molar-refractivity contribution < 1.29 is 34.8 Å². The van der Waals surface area contributed by atoms with Gasteiger partial charge in [0.2, 0.25) is 5.91 Å². The highest BCUT2D eigenvalue weighted by Crippen LogP contribution is 2.66. The second-order valence-electron chi connectivity index (χ2n) is 14.9. The average Bonchev–Trinajstić information content (AvgIpc) is 2.80. The van der Waals surface area contributed by atoms with Crippen molar-refractivity contribution >= 4 is 17.5 Å². The summed E-state index contributed by atoms with van der Waals surface area (Å²) in [6, 6.07) is 3.30. The van der Waals surface area contributed by atoms with E-state index in [0.29, 0.717) is 12.8 Å². The standard InChI is InChI=1S/C33H49NO7/c1-10-13-30(6,7)34-29(40)22-26(37)23(17(4)5)32(9)15-31(8)14-19-18(16(2)3)11-12-20(35)21(19)25(36)24(31)28(39)33(32,41)27(22)38/h11-12,16-17,22-24,26,28,35,37,39,41H,10,13-15H2,1-9H3,(H,34,40)/t22-,23+,24-,26?,28?,31-,32-,33+/m1/s1. The van der Waals surface area contributed by atoms with Gasteiger partial charge in [-0.2, -0.15) is 0 Å². The molecule has 8 heteroatoms. The number of hydrogen-bond donors (Lipinski definition) is 5. The third-order valence-corrected chi connectivity index (χ3v) is 10.6. The molecule has 4 rings (SSSR count). The Hall–Kier alpha value is -2.29. The fourth-order valence-electron chi connectivity index (χ4n) is 9.17. The predicted octanol–water partition coefficient (Wildman–Crippen LogP) is 3.91. The Morgan fingerprint density at radius 3 is 2.27 bits per heavy atom. The van der Waals surface area contributed by atoms with E-state index in [1.165, 1.54) is 6.07 Å². The molecule has 228 valence electrons. The molecule has 1 aromatic carbocycles. The molecule has 3 aliphatic carbocycles. The molecule has 5 N–H and O–H groups in total. The number of phenols is 1. The Morgan fingerprint density at radius 1 is 1.12 bits per heavy atom. The van der Waals surface area contributed by atoms with Crippen LogP contribution in [0, 0.1) is 34.5 Å². The van der Waals surface area contributed by atoms with Crippen LogP contribution in [0.25, 0.3) is 0 Å². The number of amides is 1. The number of aliphatic hydroxyl groups is 3. The van der Waals surface area contributed by atoms with Gasteiger partial charge in [-0.15, -0.1) is 0 Å². The number of hydrogen-bond acceptors (Lipinski definition) is 7. The zero-order chi connectivity index (χ0) is 31.0. The molecular formula is C33H49NO7. The summed E-state index contributed by atoms with van der Waals surface area (Å²) in [5.41, 5.74) is -3.56. The highest BCUT2D eigenvalue weighted by atomic mass is 16.4. The first-order chi connectivity index (χ1) is 18.8. The number of Topliss-reactive ketones (excluding diaryl/α,β-unsaturated/α-hetero) is 2. The van der Waals surface area contributed by atoms with E-state index in [-0.39, 0.29) is 29.6 Å². The molecule has 0 saturated heterocycles. The van der Waals surface area contributed by atoms with E-state index in [9.17, 15) is 34.8 Å². The molecule has 8 nitrogen and oxygen atoms in total. The summed E-state index contributed by atoms with van der Waals surface area (Å²) in [5, 5.41) is 49.9. The maximum absolute atomic E-state index is 14.3. The smallest absolute Gasteiger partial charge is 0.233 e. The van der Waals surface area contributed by atoms with Crippen molar-refractivity contribution in [1.29, 1.82) is 0 Å². The second kappa shape index (κ2) is 10.2. The number of carbonyl (C=O) groups excluding carboxylic acids is 3. The molecule has 1 aromatic rings. The number of aromatic hydroxyl groups is 1. The SMILES string of the molecule is CCCC(C)(C)NC(=O)[C@H]1C(=O)[C@]2(O)C(O)[C@H]3C(=O)c4c(O)ccc(C(C)C)c4C[C@]3(C)C[C@]2(C)[C@@H](C(C)C)C1O. The molecule has 0 spiro atoms. The summed E-state index contributed by atoms with van der Waals surface area (Å²) >= 11 is 0. The first kappa shape index (κ1) is 31.6. The molecule has 0 aliphatic heterocycles. The highest BCUT2D eigenvalue weighted by molar-refractivity contribution is 6.09. The van der Waals surface area contributed by atoms with Gasteiger partial charge in [-0.3, -0.25) is 14.4 Å². The zero-order valence-corrected chi connectivity index (χ0v) is 26.0. The lowest BCUT2D eigenvalue weighted by Crippen LogP contribution is -2.79. The molecule has 2 unspecified atom stereocenters. The first-order valence-corrected chi connectivity index (χ1v) is 15.1. The van der Waals surface area contributed by atoms with Gasteiger partial charge in [-0.05, 0) is 73.5 Å². The second-order valence-corrected chi connectivity index (χ2v) is 14.9. The van der Waals surface area contributed by atoms with Crippen LogP contribution in [0.2, 0.25) is 0 Å². The van der Waals surface area contributed by atoms with Gasteiger partial charge in [0.1, 0.15) is 17.8 Å². The van der Waals surface area contributed by atoms with Crippen LogP contribution >= 0.6 is 0 Å². The van der Waals surface area contributed by atoms with Crippen LogP contribution < -0.4 is 5.32 Å². The number of carbonyl (C=O) groups is 3. The monoisotopic (exact) mass is 571 g/mol. The van der Waals surface area contributed by atoms with E-state index in [2.05, 4.69) is 5.32 Å². The van der Waals surface area contributed by atoms with E-state index >= 15 is 0 Å². The van der Waals surface area contributed by atoms with Gasteiger partial charge in [0, 0.05) is 11.0 Å². The fourth-order valence-corrected chi connectivity index (χ4v) is 9.17. The Kier molecular flexibility index (Phi) is 7.84. The minimum Gasteiger partial charge on any atom is -0.507 e. The van der Waals surface area contributed by atoms with Crippen molar-refractivity contribution in [2.24, 2.45) is 34.5 Å². The van der Waals surface area contributed by atoms with Gasteiger partial charge in [0.15, 0.2) is 17.2 Å². The van der Waals surface area contributed by atoms with Gasteiger partial charge in [-0.1, -0.05) is 61.0 Å². The summed E-state index contributed by atoms with van der Waals surface area (Å²) in [5.74, 6) is -6.06. The Labute approximate surface area is 243 Å². The predicted molar refractivity (Wildman–Crippen MR) is 155 cm³/mol. The number of benzene rings is 1. The number of fused-ring (bicyclic) bond motifs is 3. The molecule has 8 atom stereocenters. The largest absolute Gasteiger partial charge is 0.507 e. The van der Waals surface area contributed by atoms with Gasteiger partial charge in [-0.25, -0.2) is 0 Å². The number of phenolic OH excluding ortho intramolecular Hbond substituents is 1. The van der Waals surface area contributed by atoms with Crippen molar-refractivity contribution in [2.75, 3.05) is 0 Å². The summed E-state index contributed by atoms with van der Waals surface area (Å²) in [4.78, 5) is 42.1. The maximum atomic E-state index is 14.3. The van der Waals surface area contributed by atoms with Crippen LogP contribution in [-0.2, 0) is 16.0 Å². The van der Waals surface area contributed by atoms with Crippen molar-refractivity contribution in [3.8, 4) is 5.75 Å². The third kappa shape index (κ3) is 4.47. The molecule has 0 heterocycles. The van der Waals surface area contributed by atoms with Crippen molar-refractivity contribution in [3.05, 3.63) is 28.8 Å². The van der Waals surface area contributed by atoms with E-state index in [4.69, 9.17) is 0 Å². The molecule has 41 heavy (non-hydrogen) atoms. The molecule has 0 bridgehead atoms. The van der Waals surface area contributed by atoms with E-state index in [0.717, 1.165) is 17.5 Å². The summed E-state index contributed by atoms with van der Waals surface area (Å²) in [7, 11) is 0. The number of aliphatic hydroxyl groups excluding tert-OH is 2. The molecule has 2 fully saturated rings. The lowest BCUT2D eigenvalue weighted by atomic mass is 9.39. The molecular weight excluding hydrogens is 522 g/mol. The van der Waals surface area contributed by atoms with Gasteiger partial charge in [0.25, 0.3) is 0 Å². The van der Waals surface area contributed by atoms with Crippen LogP contribution in [0.3, 0.4) is 0 Å². The van der Waals surface area contributed by atoms with E-state index in [1.807, 2.05) is 61.5 Å². The van der Waals surface area contributed by atoms with Crippen molar-refractivity contribution in [3.63, 3.8) is 0 Å². The van der Waals surface area contributed by atoms with E-state index < -0.39 is 69.4 Å². The Balaban J connectivity index is 1.89. The number of nitrogens with one attached hydrogen (secondary N) is 1. The quantitative estimate of drug-likeness (QED) is 0.326. The van der Waals surface area contributed by atoms with Crippen molar-refractivity contribution in [2.45, 2.75) is 117 Å². The van der Waals surface area contributed by atoms with Crippen molar-refractivity contribution in [1.82, 2.24) is 5.32 Å². The molecule has 2 saturated carbocycles. The van der Waals surface area contributed by atoms with Gasteiger partial charge < -0.3 is 25.7 Å². The van der Waals surface area contributed by atoms with Crippen LogP contribution in [-0.4, -0.2) is 61.2 Å². The highest BCUT2D eigenvalue weighted by Gasteiger charge is 2.76. The maximum Gasteiger partial charge on any atom is 0.233 e. The van der Waals surface area contributed by atoms with Gasteiger partial charge in [0.05, 0.1) is 17.6 Å². The third-order valence-electron chi connectivity index (χ3n) is 10.6. The topological polar surface area (TPSA) is 144 Å². The first-order valence-electron chi connectivity index (χ1n) is 15.1. The molecule has 1 amide bonds. The van der Waals surface area contributed by atoms with Gasteiger partial charge >= 0.3 is 0 Å². The normalized spacial score (nSPS) is 37.1. The molecule has 3 aliphatic rings. The average molecular weight is 572 g/mol. The summed E-state index contributed by atoms with van der Waals surface area (Å²) < 4.78 is 0. The molecule has 0 radical (unpaired) electrons. The minimum absolute atomic E-state index is 0.0797. The molecule has 0 aromatic heterocycles. The lowest BCUT2D eigenvalue weighted by Gasteiger charge is -2.66. The Bertz CT molecular complexity index is 1250. The fraction of sp³-hybridized carbons (Fsp3) is 0.727. The van der Waals surface area contributed by atoms with Crippen LogP contribution in [0.4, 0.5) is 0 Å². The number of rotatable bonds is 6. The minimum atomic E-state index is -2.47. The lowest BCUT2D eigenvalue weighted by molar-refractivity contribution is -0.265. The van der Waals surface area contributed by atoms with Crippen LogP contribution in [0.1, 0.15) is 109 Å². The number of ketones is 2. The Morgan fingerprint density at radius 2 is 1.73 bits per heavy atom.